The Labute approximate surface area is 263 Å². The Hall–Kier alpha value is -3.90. The van der Waals surface area contributed by atoms with E-state index in [2.05, 4.69) is 16.0 Å². The molecular weight excluding hydrogens is 578 g/mol. The minimum absolute atomic E-state index is 0.0266. The zero-order valence-electron chi connectivity index (χ0n) is 26.3. The molecule has 6 rings (SSSR count). The molecule has 11 heteroatoms. The van der Waals surface area contributed by atoms with Gasteiger partial charge in [-0.15, -0.1) is 0 Å². The van der Waals surface area contributed by atoms with Crippen molar-refractivity contribution in [1.82, 2.24) is 10.6 Å². The molecule has 45 heavy (non-hydrogen) atoms. The van der Waals surface area contributed by atoms with E-state index in [1.165, 1.54) is 7.11 Å². The van der Waals surface area contributed by atoms with E-state index in [-0.39, 0.29) is 43.1 Å². The molecule has 3 unspecified atom stereocenters. The molecule has 3 atom stereocenters. The van der Waals surface area contributed by atoms with Crippen molar-refractivity contribution in [2.75, 3.05) is 66.2 Å². The number of nitrogens with one attached hydrogen (secondary N) is 3. The number of fused-ring (bicyclic) bond motifs is 2. The number of rotatable bonds is 13. The third kappa shape index (κ3) is 5.48. The Kier molecular flexibility index (Phi) is 9.14. The molecule has 3 aromatic rings. The second kappa shape index (κ2) is 13.2. The van der Waals surface area contributed by atoms with Gasteiger partial charge in [-0.05, 0) is 55.3 Å². The number of hydrogen-bond acceptors (Lipinski definition) is 11. The molecule has 11 nitrogen and oxygen atoms in total. The minimum Gasteiger partial charge on any atom is -0.502 e. The summed E-state index contributed by atoms with van der Waals surface area (Å²) in [6.45, 7) is 4.31. The molecule has 0 saturated carbocycles. The zero-order chi connectivity index (χ0) is 31.7. The molecule has 6 N–H and O–H groups in total. The molecule has 2 heterocycles. The summed E-state index contributed by atoms with van der Waals surface area (Å²) in [5.41, 5.74) is 7.83. The van der Waals surface area contributed by atoms with Gasteiger partial charge in [-0.25, -0.2) is 0 Å². The first kappa shape index (κ1) is 31.1. The number of phenolic OH excluding ortho intramolecular Hbond substituents is 1. The summed E-state index contributed by atoms with van der Waals surface area (Å²) in [5, 5.41) is 42.3. The summed E-state index contributed by atoms with van der Waals surface area (Å²) in [5.74, 6) is 2.12. The van der Waals surface area contributed by atoms with Gasteiger partial charge in [0.25, 0.3) is 0 Å². The van der Waals surface area contributed by atoms with Crippen LogP contribution < -0.4 is 39.6 Å². The molecule has 1 aliphatic carbocycles. The van der Waals surface area contributed by atoms with Gasteiger partial charge in [-0.3, -0.25) is 5.32 Å². The maximum Gasteiger partial charge on any atom is 0.200 e. The number of hydrogen-bond donors (Lipinski definition) is 6. The number of aliphatic hydroxyl groups is 2. The number of aliphatic hydroxyl groups excluding tert-OH is 2. The minimum atomic E-state index is -0.885. The number of phenols is 1. The summed E-state index contributed by atoms with van der Waals surface area (Å²) in [6, 6.07) is 7.39. The zero-order valence-corrected chi connectivity index (χ0v) is 26.3. The van der Waals surface area contributed by atoms with Crippen molar-refractivity contribution >= 4 is 5.69 Å². The number of anilines is 1. The highest BCUT2D eigenvalue weighted by molar-refractivity contribution is 5.94. The van der Waals surface area contributed by atoms with E-state index in [9.17, 15) is 15.3 Å². The van der Waals surface area contributed by atoms with Crippen LogP contribution in [-0.2, 0) is 12.8 Å². The highest BCUT2D eigenvalue weighted by atomic mass is 16.5. The van der Waals surface area contributed by atoms with Gasteiger partial charge < -0.3 is 49.6 Å². The van der Waals surface area contributed by atoms with E-state index in [1.807, 2.05) is 26.1 Å². The fourth-order valence-electron chi connectivity index (χ4n) is 6.88. The van der Waals surface area contributed by atoms with Crippen molar-refractivity contribution in [2.45, 2.75) is 44.2 Å². The SMILES string of the molecule is CCNCOc1cc(OC)c2c3c1C(CNC)Nc1cc4c(c(c1-3)CC2)C(O)C(c1cc(OC)c(O)c(OCCCO)c1)CO4. The lowest BCUT2D eigenvalue weighted by molar-refractivity contribution is 0.0877. The molecule has 3 aromatic carbocycles. The molecule has 0 radical (unpaired) electrons. The number of methoxy groups -OCH3 is 2. The van der Waals surface area contributed by atoms with Crippen LogP contribution in [0.25, 0.3) is 11.1 Å². The van der Waals surface area contributed by atoms with Crippen LogP contribution >= 0.6 is 0 Å². The van der Waals surface area contributed by atoms with Crippen LogP contribution in [0, 0.1) is 0 Å². The highest BCUT2D eigenvalue weighted by Crippen LogP contribution is 2.57. The van der Waals surface area contributed by atoms with Gasteiger partial charge in [-0.1, -0.05) is 6.92 Å². The molecule has 0 amide bonds. The van der Waals surface area contributed by atoms with Crippen LogP contribution in [0.15, 0.2) is 24.3 Å². The standard InChI is InChI=1S/C34H43N3O8/c1-5-36-17-45-26-14-24(41-3)19-7-8-20-29-22(37-23(15-35-2)32(26)31(19)29)13-25-30(20)33(39)21(16-44-25)18-11-27(42-4)34(40)28(12-18)43-10-6-9-38/h11-14,21,23,33,35-40H,5-10,15-17H2,1-4H3. The molecule has 0 bridgehead atoms. The summed E-state index contributed by atoms with van der Waals surface area (Å²) >= 11 is 0. The molecule has 0 aromatic heterocycles. The van der Waals surface area contributed by atoms with E-state index >= 15 is 0 Å². The number of ether oxygens (including phenoxy) is 5. The first-order valence-electron chi connectivity index (χ1n) is 15.6. The predicted molar refractivity (Wildman–Crippen MR) is 170 cm³/mol. The van der Waals surface area contributed by atoms with Crippen molar-refractivity contribution in [3.8, 4) is 45.6 Å². The molecule has 0 saturated heterocycles. The Balaban J connectivity index is 1.47. The Morgan fingerprint density at radius 1 is 0.956 bits per heavy atom. The molecule has 0 fully saturated rings. The number of benzene rings is 3. The quantitative estimate of drug-likeness (QED) is 0.123. The number of aromatic hydroxyl groups is 1. The Morgan fingerprint density at radius 2 is 1.73 bits per heavy atom. The summed E-state index contributed by atoms with van der Waals surface area (Å²) < 4.78 is 29.8. The molecular formula is C34H43N3O8. The van der Waals surface area contributed by atoms with Crippen LogP contribution in [0.2, 0.25) is 0 Å². The maximum absolute atomic E-state index is 12.1. The lowest BCUT2D eigenvalue weighted by atomic mass is 9.73. The second-order valence-electron chi connectivity index (χ2n) is 11.5. The highest BCUT2D eigenvalue weighted by Gasteiger charge is 2.41. The van der Waals surface area contributed by atoms with Gasteiger partial charge in [0, 0.05) is 65.6 Å². The summed E-state index contributed by atoms with van der Waals surface area (Å²) in [7, 11) is 5.10. The van der Waals surface area contributed by atoms with Crippen molar-refractivity contribution in [1.29, 1.82) is 0 Å². The van der Waals surface area contributed by atoms with Crippen LogP contribution in [0.5, 0.6) is 34.5 Å². The van der Waals surface area contributed by atoms with Gasteiger partial charge in [-0.2, -0.15) is 0 Å². The predicted octanol–water partition coefficient (Wildman–Crippen LogP) is 3.78. The molecule has 242 valence electrons. The monoisotopic (exact) mass is 621 g/mol. The van der Waals surface area contributed by atoms with Crippen LogP contribution in [0.3, 0.4) is 0 Å². The van der Waals surface area contributed by atoms with Gasteiger partial charge >= 0.3 is 0 Å². The number of likely N-dealkylation sites (N-methyl/N-ethyl adjacent to an activating group) is 1. The third-order valence-corrected chi connectivity index (χ3v) is 8.96. The Bertz CT molecular complexity index is 1560. The van der Waals surface area contributed by atoms with Gasteiger partial charge in [0.1, 0.15) is 24.0 Å². The van der Waals surface area contributed by atoms with Crippen molar-refractivity contribution in [2.24, 2.45) is 0 Å². The fraction of sp³-hybridized carbons (Fsp3) is 0.471. The molecule has 2 aliphatic heterocycles. The van der Waals surface area contributed by atoms with Crippen molar-refractivity contribution in [3.05, 3.63) is 52.1 Å². The van der Waals surface area contributed by atoms with E-state index < -0.39 is 12.0 Å². The van der Waals surface area contributed by atoms with E-state index in [1.54, 1.807) is 19.2 Å². The largest absolute Gasteiger partial charge is 0.502 e. The average molecular weight is 622 g/mol. The average Bonchev–Trinajstić information content (AvgIpc) is 3.05. The lowest BCUT2D eigenvalue weighted by Gasteiger charge is -2.40. The van der Waals surface area contributed by atoms with Crippen molar-refractivity contribution < 1.29 is 39.0 Å². The first-order chi connectivity index (χ1) is 21.9. The van der Waals surface area contributed by atoms with Crippen molar-refractivity contribution in [3.63, 3.8) is 0 Å². The van der Waals surface area contributed by atoms with E-state index in [0.717, 1.165) is 69.1 Å². The van der Waals surface area contributed by atoms with Crippen LogP contribution in [0.4, 0.5) is 5.69 Å². The fourth-order valence-corrected chi connectivity index (χ4v) is 6.88. The normalized spacial score (nSPS) is 19.1. The first-order valence-corrected chi connectivity index (χ1v) is 15.6. The third-order valence-electron chi connectivity index (χ3n) is 8.96. The smallest absolute Gasteiger partial charge is 0.200 e. The van der Waals surface area contributed by atoms with Gasteiger partial charge in [0.2, 0.25) is 5.75 Å². The van der Waals surface area contributed by atoms with Crippen LogP contribution in [-0.4, -0.2) is 76.2 Å². The van der Waals surface area contributed by atoms with E-state index in [0.29, 0.717) is 31.9 Å². The maximum atomic E-state index is 12.1. The van der Waals surface area contributed by atoms with E-state index in [4.69, 9.17) is 23.7 Å². The molecule has 0 spiro atoms. The van der Waals surface area contributed by atoms with Gasteiger partial charge in [0.05, 0.1) is 39.6 Å². The summed E-state index contributed by atoms with van der Waals surface area (Å²) in [6.07, 6.45) is 0.971. The molecule has 3 aliphatic rings. The van der Waals surface area contributed by atoms with Crippen LogP contribution in [0.1, 0.15) is 59.2 Å². The topological polar surface area (TPSA) is 143 Å². The summed E-state index contributed by atoms with van der Waals surface area (Å²) in [4.78, 5) is 0. The second-order valence-corrected chi connectivity index (χ2v) is 11.5. The Morgan fingerprint density at radius 3 is 2.47 bits per heavy atom. The van der Waals surface area contributed by atoms with Gasteiger partial charge in [0.15, 0.2) is 11.5 Å². The lowest BCUT2D eigenvalue weighted by Crippen LogP contribution is -2.32.